The molecule has 42 heavy (non-hydrogen) atoms. The second-order valence-electron chi connectivity index (χ2n) is 11.8. The molecule has 0 unspecified atom stereocenters. The van der Waals surface area contributed by atoms with E-state index < -0.39 is 13.0 Å². The Balaban J connectivity index is 1.28. The van der Waals surface area contributed by atoms with E-state index in [1.165, 1.54) is 16.0 Å². The lowest BCUT2D eigenvalue weighted by Gasteiger charge is -2.43. The van der Waals surface area contributed by atoms with E-state index in [9.17, 15) is 19.7 Å². The number of phenolic OH excluding ortho intramolecular Hbond substituents is 1. The minimum Gasteiger partial charge on any atom is -0.507 e. The molecule has 0 saturated carbocycles. The number of fused-ring (bicyclic) bond motifs is 4. The number of carbonyl (C=O) groups is 2. The highest BCUT2D eigenvalue weighted by molar-refractivity contribution is 7.09. The highest BCUT2D eigenvalue weighted by atomic mass is 32.1. The predicted molar refractivity (Wildman–Crippen MR) is 168 cm³/mol. The maximum atomic E-state index is 13.8. The Bertz CT molecular complexity index is 1550. The number of hydrogen-bond donors (Lipinski definition) is 2. The first-order chi connectivity index (χ1) is 20.4. The lowest BCUT2D eigenvalue weighted by molar-refractivity contribution is -0.140. The number of thiophene rings is 1. The number of amides is 2. The number of carbonyl (C=O) groups excluding carboxylic acids is 2. The summed E-state index contributed by atoms with van der Waals surface area (Å²) in [5.74, 6) is -0.861. The lowest BCUT2D eigenvalue weighted by Crippen LogP contribution is -2.46. The fraction of sp³-hybridized carbons (Fsp3) is 0.412. The summed E-state index contributed by atoms with van der Waals surface area (Å²) in [6, 6.07) is 15.5. The summed E-state index contributed by atoms with van der Waals surface area (Å²) in [5.41, 5.74) is 4.72. The van der Waals surface area contributed by atoms with Gasteiger partial charge in [-0.05, 0) is 78.4 Å². The van der Waals surface area contributed by atoms with Crippen LogP contribution in [0.3, 0.4) is 0 Å². The Morgan fingerprint density at radius 1 is 1.07 bits per heavy atom. The molecule has 0 bridgehead atoms. The second kappa shape index (κ2) is 12.2. The minimum atomic E-state index is -0.963. The Morgan fingerprint density at radius 3 is 2.62 bits per heavy atom. The molecule has 0 radical (unpaired) electrons. The van der Waals surface area contributed by atoms with Gasteiger partial charge in [0.05, 0.1) is 24.5 Å². The minimum absolute atomic E-state index is 0.0686. The van der Waals surface area contributed by atoms with Crippen molar-refractivity contribution in [3.05, 3.63) is 81.1 Å². The van der Waals surface area contributed by atoms with Gasteiger partial charge in [-0.3, -0.25) is 14.5 Å². The number of aromatic hydroxyl groups is 1. The molecule has 1 aromatic heterocycles. The summed E-state index contributed by atoms with van der Waals surface area (Å²) in [4.78, 5) is 29.8. The van der Waals surface area contributed by atoms with Crippen LogP contribution in [0, 0.1) is 17.8 Å². The van der Waals surface area contributed by atoms with Crippen LogP contribution in [0.5, 0.6) is 5.75 Å². The standard InChI is InChI=1S/C34H38BNO5S/c1-3-8-23-18-27-32(34(39)36(33(27)38)20-24-9-7-16-42-24)28-19-35(40)41-30(31(23)28)15-12-21(4-2)17-22-13-14-29(37)26-11-6-5-10-25(22)26/h5-7,9-11,13-14,16-17,27-28,30,32,37,40H,3-4,8,12,15,18-20H2,1-2H3/b21-17+/t27-,28+,30-,32-/m1/s1. The number of benzene rings is 2. The van der Waals surface area contributed by atoms with E-state index in [0.29, 0.717) is 25.7 Å². The van der Waals surface area contributed by atoms with Gasteiger partial charge in [-0.15, -0.1) is 11.3 Å². The molecule has 2 saturated heterocycles. The predicted octanol–water partition coefficient (Wildman–Crippen LogP) is 6.98. The number of rotatable bonds is 9. The zero-order valence-corrected chi connectivity index (χ0v) is 25.1. The zero-order chi connectivity index (χ0) is 29.4. The van der Waals surface area contributed by atoms with E-state index in [1.54, 1.807) is 17.4 Å². The van der Waals surface area contributed by atoms with Gasteiger partial charge in [-0.25, -0.2) is 0 Å². The third kappa shape index (κ3) is 5.36. The first-order valence-electron chi connectivity index (χ1n) is 15.2. The van der Waals surface area contributed by atoms with E-state index in [1.807, 2.05) is 47.8 Å². The molecule has 6 rings (SSSR count). The molecular weight excluding hydrogens is 545 g/mol. The van der Waals surface area contributed by atoms with Crippen molar-refractivity contribution in [1.29, 1.82) is 0 Å². The summed E-state index contributed by atoms with van der Waals surface area (Å²) in [5, 5.41) is 25.0. The summed E-state index contributed by atoms with van der Waals surface area (Å²) < 4.78 is 6.22. The van der Waals surface area contributed by atoms with Crippen molar-refractivity contribution in [3.8, 4) is 5.75 Å². The fourth-order valence-corrected chi connectivity index (χ4v) is 8.09. The van der Waals surface area contributed by atoms with Crippen molar-refractivity contribution >= 4 is 47.1 Å². The Hall–Kier alpha value is -3.20. The van der Waals surface area contributed by atoms with Gasteiger partial charge in [0.2, 0.25) is 11.8 Å². The number of likely N-dealkylation sites (tertiary alicyclic amines) is 1. The monoisotopic (exact) mass is 583 g/mol. The molecular formula is C34H38BNO5S. The normalized spacial score (nSPS) is 24.5. The van der Waals surface area contributed by atoms with Crippen LogP contribution in [-0.2, 0) is 20.8 Å². The average Bonchev–Trinajstić information content (AvgIpc) is 3.59. The first-order valence-corrected chi connectivity index (χ1v) is 16.1. The third-order valence-electron chi connectivity index (χ3n) is 9.32. The van der Waals surface area contributed by atoms with Crippen molar-refractivity contribution in [3.63, 3.8) is 0 Å². The van der Waals surface area contributed by atoms with E-state index in [0.717, 1.165) is 52.5 Å². The number of imide groups is 1. The van der Waals surface area contributed by atoms with Crippen molar-refractivity contribution in [1.82, 2.24) is 4.90 Å². The van der Waals surface area contributed by atoms with Crippen molar-refractivity contribution < 1.29 is 24.4 Å². The molecule has 3 aliphatic rings. The van der Waals surface area contributed by atoms with E-state index in [-0.39, 0.29) is 35.5 Å². The van der Waals surface area contributed by atoms with Gasteiger partial charge in [-0.1, -0.05) is 73.9 Å². The maximum Gasteiger partial charge on any atom is 0.455 e. The van der Waals surface area contributed by atoms with Gasteiger partial charge in [0.25, 0.3) is 0 Å². The third-order valence-corrected chi connectivity index (χ3v) is 10.2. The molecule has 6 nitrogen and oxygen atoms in total. The highest BCUT2D eigenvalue weighted by Crippen LogP contribution is 2.51. The number of phenols is 1. The molecule has 2 aromatic carbocycles. The Morgan fingerprint density at radius 2 is 1.88 bits per heavy atom. The van der Waals surface area contributed by atoms with Crippen LogP contribution in [0.4, 0.5) is 0 Å². The Kier molecular flexibility index (Phi) is 8.39. The topological polar surface area (TPSA) is 87.1 Å². The molecule has 2 amide bonds. The SMILES string of the molecule is CCCC1=C2[C@@H](CC/C(=C/c3ccc(O)c4ccccc34)CC)OB(O)C[C@@H]2[C@@H]2C(=O)N(Cc3cccs3)C(=O)[C@@H]2C1. The number of hydrogen-bond acceptors (Lipinski definition) is 6. The summed E-state index contributed by atoms with van der Waals surface area (Å²) in [6.45, 7) is 4.62. The first kappa shape index (κ1) is 28.9. The van der Waals surface area contributed by atoms with Crippen LogP contribution in [0.25, 0.3) is 16.8 Å². The number of allylic oxidation sites excluding steroid dienone is 2. The smallest absolute Gasteiger partial charge is 0.455 e. The highest BCUT2D eigenvalue weighted by Gasteiger charge is 2.57. The summed E-state index contributed by atoms with van der Waals surface area (Å²) in [6.07, 6.45) is 7.03. The van der Waals surface area contributed by atoms with Gasteiger partial charge in [-0.2, -0.15) is 0 Å². The van der Waals surface area contributed by atoms with Gasteiger partial charge < -0.3 is 14.8 Å². The largest absolute Gasteiger partial charge is 0.507 e. The van der Waals surface area contributed by atoms with Crippen LogP contribution in [0.1, 0.15) is 62.8 Å². The van der Waals surface area contributed by atoms with Crippen molar-refractivity contribution in [2.75, 3.05) is 0 Å². The maximum absolute atomic E-state index is 13.8. The quantitative estimate of drug-likeness (QED) is 0.161. The molecule has 2 N–H and O–H groups in total. The van der Waals surface area contributed by atoms with E-state index in [4.69, 9.17) is 4.65 Å². The average molecular weight is 584 g/mol. The van der Waals surface area contributed by atoms with Crippen LogP contribution < -0.4 is 0 Å². The van der Waals surface area contributed by atoms with Gasteiger partial charge >= 0.3 is 7.12 Å². The van der Waals surface area contributed by atoms with E-state index in [2.05, 4.69) is 19.9 Å². The second-order valence-corrected chi connectivity index (χ2v) is 12.9. The van der Waals surface area contributed by atoms with Crippen LogP contribution in [0.2, 0.25) is 6.32 Å². The molecule has 1 aliphatic carbocycles. The molecule has 218 valence electrons. The summed E-state index contributed by atoms with van der Waals surface area (Å²) in [7, 11) is -0.963. The molecule has 2 fully saturated rings. The van der Waals surface area contributed by atoms with Crippen LogP contribution >= 0.6 is 11.3 Å². The number of nitrogens with zero attached hydrogens (tertiary/aromatic N) is 1. The van der Waals surface area contributed by atoms with Crippen LogP contribution in [0.15, 0.2) is 70.6 Å². The van der Waals surface area contributed by atoms with Crippen molar-refractivity contribution in [2.24, 2.45) is 17.8 Å². The zero-order valence-electron chi connectivity index (χ0n) is 24.3. The molecule has 8 heteroatoms. The van der Waals surface area contributed by atoms with Gasteiger partial charge in [0.15, 0.2) is 0 Å². The fourth-order valence-electron chi connectivity index (χ4n) is 7.40. The Labute approximate surface area is 251 Å². The van der Waals surface area contributed by atoms with Crippen molar-refractivity contribution in [2.45, 2.75) is 71.3 Å². The molecule has 4 atom stereocenters. The van der Waals surface area contributed by atoms with Gasteiger partial charge in [0.1, 0.15) is 5.75 Å². The lowest BCUT2D eigenvalue weighted by atomic mass is 9.58. The summed E-state index contributed by atoms with van der Waals surface area (Å²) >= 11 is 1.56. The molecule has 2 aliphatic heterocycles. The van der Waals surface area contributed by atoms with Crippen LogP contribution in [-0.4, -0.2) is 40.1 Å². The molecule has 3 aromatic rings. The van der Waals surface area contributed by atoms with E-state index >= 15 is 0 Å². The molecule has 0 spiro atoms. The van der Waals surface area contributed by atoms with Gasteiger partial charge in [0, 0.05) is 10.3 Å². The molecule has 3 heterocycles.